The molecule has 1 saturated heterocycles. The van der Waals surface area contributed by atoms with Gasteiger partial charge in [-0.1, -0.05) is 25.5 Å². The third-order valence-electron chi connectivity index (χ3n) is 8.18. The highest BCUT2D eigenvalue weighted by Crippen LogP contribution is 2.36. The first-order valence-corrected chi connectivity index (χ1v) is 16.0. The van der Waals surface area contributed by atoms with Gasteiger partial charge in [0.25, 0.3) is 5.91 Å². The Kier molecular flexibility index (Phi) is 9.97. The number of aromatic nitrogens is 2. The average Bonchev–Trinajstić information content (AvgIpc) is 3.48. The van der Waals surface area contributed by atoms with Gasteiger partial charge in [-0.2, -0.15) is 0 Å². The Labute approximate surface area is 260 Å². The standard InChI is InChI=1S/C33H39F2N3O5S/c1-5-7-13-42-30-28-32(40)37(21(3)6-2)19-33(4,20-43-27-10-8-9-14-41-27)38(28)18-25(29(30)39)31-36-17-24(44-31)15-22-11-12-23(34)16-26(22)35/h6,11-12,16-18,21,27H,2,5,7-10,13-15,19-20H2,1,3-4H3. The molecule has 1 amide bonds. The van der Waals surface area contributed by atoms with E-state index in [0.29, 0.717) is 35.0 Å². The fourth-order valence-corrected chi connectivity index (χ4v) is 6.47. The molecule has 236 valence electrons. The molecule has 1 fully saturated rings. The van der Waals surface area contributed by atoms with Crippen molar-refractivity contribution in [2.45, 2.75) is 77.2 Å². The molecule has 4 heterocycles. The normalized spacial score (nSPS) is 20.8. The van der Waals surface area contributed by atoms with Crippen LogP contribution in [0.4, 0.5) is 8.78 Å². The number of nitrogens with zero attached hydrogens (tertiary/aromatic N) is 3. The smallest absolute Gasteiger partial charge is 0.275 e. The largest absolute Gasteiger partial charge is 0.487 e. The molecular formula is C33H39F2N3O5S. The predicted molar refractivity (Wildman–Crippen MR) is 165 cm³/mol. The van der Waals surface area contributed by atoms with Crippen molar-refractivity contribution < 1.29 is 27.8 Å². The number of hydrogen-bond acceptors (Lipinski definition) is 7. The van der Waals surface area contributed by atoms with E-state index in [-0.39, 0.29) is 54.9 Å². The lowest BCUT2D eigenvalue weighted by Crippen LogP contribution is -2.57. The monoisotopic (exact) mass is 627 g/mol. The molecule has 3 aromatic rings. The van der Waals surface area contributed by atoms with Gasteiger partial charge >= 0.3 is 0 Å². The summed E-state index contributed by atoms with van der Waals surface area (Å²) in [4.78, 5) is 35.0. The van der Waals surface area contributed by atoms with Gasteiger partial charge in [-0.25, -0.2) is 13.8 Å². The fourth-order valence-electron chi connectivity index (χ4n) is 5.53. The fraction of sp³-hybridized carbons (Fsp3) is 0.485. The molecule has 0 saturated carbocycles. The summed E-state index contributed by atoms with van der Waals surface area (Å²) in [7, 11) is 0. The molecule has 0 spiro atoms. The molecule has 3 unspecified atom stereocenters. The van der Waals surface area contributed by atoms with Crippen molar-refractivity contribution in [1.29, 1.82) is 0 Å². The van der Waals surface area contributed by atoms with Crippen molar-refractivity contribution in [3.05, 3.63) is 81.2 Å². The van der Waals surface area contributed by atoms with Gasteiger partial charge in [-0.15, -0.1) is 17.9 Å². The van der Waals surface area contributed by atoms with Crippen molar-refractivity contribution >= 4 is 17.2 Å². The number of benzene rings is 1. The maximum Gasteiger partial charge on any atom is 0.275 e. The molecule has 1 aromatic carbocycles. The summed E-state index contributed by atoms with van der Waals surface area (Å²) in [5, 5.41) is 0.413. The first-order valence-electron chi connectivity index (χ1n) is 15.1. The molecule has 44 heavy (non-hydrogen) atoms. The summed E-state index contributed by atoms with van der Waals surface area (Å²) in [6.07, 6.45) is 9.14. The number of rotatable bonds is 12. The molecule has 0 bridgehead atoms. The molecule has 2 aliphatic heterocycles. The molecule has 8 nitrogen and oxygen atoms in total. The van der Waals surface area contributed by atoms with Crippen LogP contribution in [-0.2, 0) is 21.4 Å². The van der Waals surface area contributed by atoms with Gasteiger partial charge in [0, 0.05) is 49.0 Å². The summed E-state index contributed by atoms with van der Waals surface area (Å²) >= 11 is 1.24. The van der Waals surface area contributed by atoms with Crippen LogP contribution < -0.4 is 10.2 Å². The molecule has 0 N–H and O–H groups in total. The van der Waals surface area contributed by atoms with E-state index in [1.165, 1.54) is 23.5 Å². The van der Waals surface area contributed by atoms with Crippen LogP contribution in [0.3, 0.4) is 0 Å². The van der Waals surface area contributed by atoms with Crippen molar-refractivity contribution in [2.75, 3.05) is 26.4 Å². The zero-order valence-corrected chi connectivity index (χ0v) is 26.3. The molecule has 0 aliphatic carbocycles. The predicted octanol–water partition coefficient (Wildman–Crippen LogP) is 6.31. The molecular weight excluding hydrogens is 588 g/mol. The average molecular weight is 628 g/mol. The Hall–Kier alpha value is -3.41. The minimum Gasteiger partial charge on any atom is -0.487 e. The Morgan fingerprint density at radius 1 is 1.30 bits per heavy atom. The van der Waals surface area contributed by atoms with Gasteiger partial charge in [0.1, 0.15) is 16.6 Å². The van der Waals surface area contributed by atoms with E-state index in [1.54, 1.807) is 23.4 Å². The van der Waals surface area contributed by atoms with Crippen molar-refractivity contribution in [3.63, 3.8) is 0 Å². The van der Waals surface area contributed by atoms with Gasteiger partial charge in [0.05, 0.1) is 24.3 Å². The number of halogens is 2. The summed E-state index contributed by atoms with van der Waals surface area (Å²) in [5.41, 5.74) is -0.472. The van der Waals surface area contributed by atoms with Gasteiger partial charge in [-0.05, 0) is 51.2 Å². The second-order valence-electron chi connectivity index (χ2n) is 11.7. The van der Waals surface area contributed by atoms with Gasteiger partial charge in [0.2, 0.25) is 5.43 Å². The van der Waals surface area contributed by atoms with Crippen LogP contribution in [0.2, 0.25) is 0 Å². The molecule has 0 radical (unpaired) electrons. The molecule has 2 aromatic heterocycles. The zero-order chi connectivity index (χ0) is 31.4. The molecule has 2 aliphatic rings. The summed E-state index contributed by atoms with van der Waals surface area (Å²) in [6, 6.07) is 3.17. The summed E-state index contributed by atoms with van der Waals surface area (Å²) in [5.74, 6) is -1.64. The lowest BCUT2D eigenvalue weighted by molar-refractivity contribution is -0.177. The van der Waals surface area contributed by atoms with Gasteiger partial charge < -0.3 is 23.7 Å². The highest BCUT2D eigenvalue weighted by atomic mass is 32.1. The maximum absolute atomic E-state index is 14.4. The van der Waals surface area contributed by atoms with E-state index >= 15 is 0 Å². The van der Waals surface area contributed by atoms with Crippen LogP contribution in [0.1, 0.15) is 73.8 Å². The molecule has 3 atom stereocenters. The van der Waals surface area contributed by atoms with E-state index in [0.717, 1.165) is 31.7 Å². The molecule has 11 heteroatoms. The van der Waals surface area contributed by atoms with Crippen molar-refractivity contribution in [1.82, 2.24) is 14.5 Å². The topological polar surface area (TPSA) is 82.9 Å². The number of carbonyl (C=O) groups is 1. The zero-order valence-electron chi connectivity index (χ0n) is 25.4. The lowest BCUT2D eigenvalue weighted by atomic mass is 9.95. The minimum absolute atomic E-state index is 0.0246. The van der Waals surface area contributed by atoms with Crippen LogP contribution >= 0.6 is 11.3 Å². The third-order valence-corrected chi connectivity index (χ3v) is 9.21. The third kappa shape index (κ3) is 6.64. The SMILES string of the molecule is C=CC(C)N1CC(C)(COC2CCCCO2)n2cc(-c3ncc(Cc4ccc(F)cc4F)s3)c(=O)c(OCCCC)c2C1=O. The number of unbranched alkanes of at least 4 members (excludes halogenated alkanes) is 1. The Morgan fingerprint density at radius 2 is 2.11 bits per heavy atom. The Balaban J connectivity index is 1.60. The Bertz CT molecular complexity index is 1570. The van der Waals surface area contributed by atoms with Crippen LogP contribution in [-0.4, -0.2) is 59.1 Å². The quantitative estimate of drug-likeness (QED) is 0.173. The van der Waals surface area contributed by atoms with E-state index in [2.05, 4.69) is 11.6 Å². The number of thiazole rings is 1. The number of fused-ring (bicyclic) bond motifs is 1. The van der Waals surface area contributed by atoms with E-state index < -0.39 is 22.6 Å². The maximum atomic E-state index is 14.4. The summed E-state index contributed by atoms with van der Waals surface area (Å²) < 4.78 is 47.8. The second-order valence-corrected chi connectivity index (χ2v) is 12.8. The second kappa shape index (κ2) is 13.7. The summed E-state index contributed by atoms with van der Waals surface area (Å²) in [6.45, 7) is 11.2. The van der Waals surface area contributed by atoms with Crippen molar-refractivity contribution in [2.24, 2.45) is 0 Å². The first kappa shape index (κ1) is 32.0. The highest BCUT2D eigenvalue weighted by molar-refractivity contribution is 7.15. The first-order chi connectivity index (χ1) is 21.1. The van der Waals surface area contributed by atoms with Gasteiger partial charge in [-0.3, -0.25) is 9.59 Å². The van der Waals surface area contributed by atoms with Crippen LogP contribution in [0, 0.1) is 11.6 Å². The number of hydrogen-bond donors (Lipinski definition) is 0. The number of ether oxygens (including phenoxy) is 3. The minimum atomic E-state index is -0.788. The van der Waals surface area contributed by atoms with Crippen LogP contribution in [0.5, 0.6) is 5.75 Å². The highest BCUT2D eigenvalue weighted by Gasteiger charge is 2.44. The Morgan fingerprint density at radius 3 is 2.82 bits per heavy atom. The number of amides is 1. The van der Waals surface area contributed by atoms with Gasteiger partial charge in [0.15, 0.2) is 17.7 Å². The van der Waals surface area contributed by atoms with E-state index in [9.17, 15) is 18.4 Å². The van der Waals surface area contributed by atoms with E-state index in [4.69, 9.17) is 14.2 Å². The van der Waals surface area contributed by atoms with E-state index in [1.807, 2.05) is 25.3 Å². The molecule has 5 rings (SSSR count). The van der Waals surface area contributed by atoms with Crippen LogP contribution in [0.25, 0.3) is 10.6 Å². The van der Waals surface area contributed by atoms with Crippen LogP contribution in [0.15, 0.2) is 48.0 Å². The number of pyridine rings is 1. The van der Waals surface area contributed by atoms with Crippen molar-refractivity contribution in [3.8, 4) is 16.3 Å². The number of carbonyl (C=O) groups excluding carboxylic acids is 1. The lowest BCUT2D eigenvalue weighted by Gasteiger charge is -2.45.